The van der Waals surface area contributed by atoms with Crippen molar-refractivity contribution in [3.05, 3.63) is 46.5 Å². The van der Waals surface area contributed by atoms with E-state index in [0.29, 0.717) is 10.6 Å². The molecule has 0 radical (unpaired) electrons. The van der Waals surface area contributed by atoms with E-state index in [1.807, 2.05) is 0 Å². The zero-order chi connectivity index (χ0) is 18.1. The third kappa shape index (κ3) is 3.97. The second-order valence-electron chi connectivity index (χ2n) is 5.39. The molecule has 2 N–H and O–H groups in total. The van der Waals surface area contributed by atoms with Crippen LogP contribution in [0.1, 0.15) is 29.8 Å². The van der Waals surface area contributed by atoms with E-state index in [4.69, 9.17) is 11.6 Å². The van der Waals surface area contributed by atoms with E-state index < -0.39 is 23.3 Å². The fourth-order valence-electron chi connectivity index (χ4n) is 2.13. The van der Waals surface area contributed by atoms with Crippen molar-refractivity contribution in [2.75, 3.05) is 5.32 Å². The van der Waals surface area contributed by atoms with Crippen LogP contribution in [0.5, 0.6) is 0 Å². The van der Waals surface area contributed by atoms with Crippen molar-refractivity contribution in [2.45, 2.75) is 26.1 Å². The van der Waals surface area contributed by atoms with Crippen LogP contribution in [0.3, 0.4) is 0 Å². The number of carboxylic acids is 1. The van der Waals surface area contributed by atoms with Crippen LogP contribution in [0, 0.1) is 0 Å². The maximum Gasteiger partial charge on any atom is 0.417 e. The summed E-state index contributed by atoms with van der Waals surface area (Å²) in [6.45, 7) is 3.35. The topological polar surface area (TPSA) is 62.2 Å². The highest BCUT2D eigenvalue weighted by atomic mass is 35.5. The van der Waals surface area contributed by atoms with Gasteiger partial charge in [-0.3, -0.25) is 0 Å². The SMILES string of the molecule is CC(C)Nc1nc(-c2ccc(Cl)cc2)cc(C(F)(F)F)c1C(=O)O. The predicted octanol–water partition coefficient (Wildman–Crippen LogP) is 4.94. The number of alkyl halides is 3. The zero-order valence-corrected chi connectivity index (χ0v) is 13.5. The van der Waals surface area contributed by atoms with Crippen LogP contribution in [0.2, 0.25) is 5.02 Å². The van der Waals surface area contributed by atoms with E-state index in [1.165, 1.54) is 24.3 Å². The molecular formula is C16H14ClF3N2O2. The second kappa shape index (κ2) is 6.68. The number of halogens is 4. The number of anilines is 1. The number of aromatic nitrogens is 1. The molecule has 0 aliphatic rings. The van der Waals surface area contributed by atoms with Gasteiger partial charge in [-0.2, -0.15) is 13.2 Å². The molecule has 0 unspecified atom stereocenters. The highest BCUT2D eigenvalue weighted by molar-refractivity contribution is 6.30. The lowest BCUT2D eigenvalue weighted by molar-refractivity contribution is -0.138. The Kier molecular flexibility index (Phi) is 5.03. The molecule has 0 saturated heterocycles. The summed E-state index contributed by atoms with van der Waals surface area (Å²) in [6, 6.07) is 6.52. The van der Waals surface area contributed by atoms with Gasteiger partial charge in [-0.1, -0.05) is 23.7 Å². The Hall–Kier alpha value is -2.28. The fourth-order valence-corrected chi connectivity index (χ4v) is 2.26. The standard InChI is InChI=1S/C16H14ClF3N2O2/c1-8(2)21-14-13(15(23)24)11(16(18,19)20)7-12(22-14)9-3-5-10(17)6-4-9/h3-8H,1-2H3,(H,21,22)(H,23,24). The second-order valence-corrected chi connectivity index (χ2v) is 5.82. The molecule has 0 fully saturated rings. The normalized spacial score (nSPS) is 11.6. The summed E-state index contributed by atoms with van der Waals surface area (Å²) < 4.78 is 40.0. The van der Waals surface area contributed by atoms with E-state index in [-0.39, 0.29) is 17.6 Å². The van der Waals surface area contributed by atoms with Gasteiger partial charge in [-0.25, -0.2) is 9.78 Å². The molecule has 1 heterocycles. The minimum absolute atomic E-state index is 0.00661. The van der Waals surface area contributed by atoms with Crippen LogP contribution in [0.15, 0.2) is 30.3 Å². The average Bonchev–Trinajstić information content (AvgIpc) is 2.45. The van der Waals surface area contributed by atoms with Crippen molar-refractivity contribution < 1.29 is 23.1 Å². The monoisotopic (exact) mass is 358 g/mol. The highest BCUT2D eigenvalue weighted by Gasteiger charge is 2.38. The largest absolute Gasteiger partial charge is 0.478 e. The molecule has 2 rings (SSSR count). The number of pyridine rings is 1. The summed E-state index contributed by atoms with van der Waals surface area (Å²) in [5.41, 5.74) is -1.74. The number of carbonyl (C=O) groups is 1. The van der Waals surface area contributed by atoms with Crippen LogP contribution in [0.4, 0.5) is 19.0 Å². The molecule has 0 spiro atoms. The molecule has 0 aliphatic carbocycles. The van der Waals surface area contributed by atoms with Crippen LogP contribution in [0.25, 0.3) is 11.3 Å². The van der Waals surface area contributed by atoms with Crippen molar-refractivity contribution in [1.82, 2.24) is 4.98 Å². The Morgan fingerprint density at radius 1 is 1.25 bits per heavy atom. The van der Waals surface area contributed by atoms with Crippen molar-refractivity contribution in [3.8, 4) is 11.3 Å². The Labute approximate surface area is 141 Å². The number of nitrogens with one attached hydrogen (secondary N) is 1. The Balaban J connectivity index is 2.74. The third-order valence-corrected chi connectivity index (χ3v) is 3.36. The Morgan fingerprint density at radius 2 is 1.83 bits per heavy atom. The van der Waals surface area contributed by atoms with Gasteiger partial charge in [0.25, 0.3) is 0 Å². The maximum atomic E-state index is 13.3. The summed E-state index contributed by atoms with van der Waals surface area (Å²) in [5.74, 6) is -2.02. The quantitative estimate of drug-likeness (QED) is 0.812. The molecule has 0 aliphatic heterocycles. The predicted molar refractivity (Wildman–Crippen MR) is 85.4 cm³/mol. The van der Waals surface area contributed by atoms with Crippen molar-refractivity contribution >= 4 is 23.4 Å². The molecule has 0 atom stereocenters. The molecule has 8 heteroatoms. The van der Waals surface area contributed by atoms with E-state index in [9.17, 15) is 23.1 Å². The van der Waals surface area contributed by atoms with Gasteiger partial charge in [-0.05, 0) is 32.0 Å². The number of hydrogen-bond acceptors (Lipinski definition) is 3. The lowest BCUT2D eigenvalue weighted by atomic mass is 10.0. The van der Waals surface area contributed by atoms with Gasteiger partial charge < -0.3 is 10.4 Å². The van der Waals surface area contributed by atoms with Crippen molar-refractivity contribution in [1.29, 1.82) is 0 Å². The Morgan fingerprint density at radius 3 is 2.29 bits per heavy atom. The average molecular weight is 359 g/mol. The molecule has 0 bridgehead atoms. The van der Waals surface area contributed by atoms with Crippen LogP contribution in [-0.2, 0) is 6.18 Å². The molecule has 128 valence electrons. The number of aromatic carboxylic acids is 1. The summed E-state index contributed by atoms with van der Waals surface area (Å²) in [7, 11) is 0. The Bertz CT molecular complexity index is 759. The number of hydrogen-bond donors (Lipinski definition) is 2. The van der Waals surface area contributed by atoms with E-state index in [0.717, 1.165) is 6.07 Å². The molecule has 0 amide bonds. The molecule has 0 saturated carbocycles. The van der Waals surface area contributed by atoms with Crippen LogP contribution >= 0.6 is 11.6 Å². The van der Waals surface area contributed by atoms with Gasteiger partial charge in [0.1, 0.15) is 11.4 Å². The first kappa shape index (κ1) is 18.1. The minimum atomic E-state index is -4.83. The number of rotatable bonds is 4. The van der Waals surface area contributed by atoms with Crippen LogP contribution in [-0.4, -0.2) is 22.1 Å². The molecule has 1 aromatic heterocycles. The summed E-state index contributed by atoms with van der Waals surface area (Å²) >= 11 is 5.78. The fraction of sp³-hybridized carbons (Fsp3) is 0.250. The smallest absolute Gasteiger partial charge is 0.417 e. The van der Waals surface area contributed by atoms with E-state index in [1.54, 1.807) is 13.8 Å². The van der Waals surface area contributed by atoms with Gasteiger partial charge in [-0.15, -0.1) is 0 Å². The summed E-state index contributed by atoms with van der Waals surface area (Å²) in [4.78, 5) is 15.4. The lowest BCUT2D eigenvalue weighted by Crippen LogP contribution is -2.20. The third-order valence-electron chi connectivity index (χ3n) is 3.10. The highest BCUT2D eigenvalue weighted by Crippen LogP contribution is 2.37. The van der Waals surface area contributed by atoms with E-state index >= 15 is 0 Å². The molecule has 1 aromatic carbocycles. The lowest BCUT2D eigenvalue weighted by Gasteiger charge is -2.18. The summed E-state index contributed by atoms with van der Waals surface area (Å²) in [6.07, 6.45) is -4.83. The van der Waals surface area contributed by atoms with Gasteiger partial charge in [0.2, 0.25) is 0 Å². The molecular weight excluding hydrogens is 345 g/mol. The van der Waals surface area contributed by atoms with Gasteiger partial charge >= 0.3 is 12.1 Å². The molecule has 4 nitrogen and oxygen atoms in total. The summed E-state index contributed by atoms with van der Waals surface area (Å²) in [5, 5.41) is 12.3. The first-order chi connectivity index (χ1) is 11.1. The number of nitrogens with zero attached hydrogens (tertiary/aromatic N) is 1. The molecule has 2 aromatic rings. The van der Waals surface area contributed by atoms with Crippen LogP contribution < -0.4 is 5.32 Å². The first-order valence-corrected chi connectivity index (χ1v) is 7.35. The zero-order valence-electron chi connectivity index (χ0n) is 12.8. The van der Waals surface area contributed by atoms with Crippen molar-refractivity contribution in [3.63, 3.8) is 0 Å². The van der Waals surface area contributed by atoms with Gasteiger partial charge in [0.15, 0.2) is 0 Å². The minimum Gasteiger partial charge on any atom is -0.478 e. The number of benzene rings is 1. The number of carboxylic acid groups (broad SMARTS) is 1. The maximum absolute atomic E-state index is 13.3. The van der Waals surface area contributed by atoms with Crippen molar-refractivity contribution in [2.24, 2.45) is 0 Å². The molecule has 24 heavy (non-hydrogen) atoms. The van der Waals surface area contributed by atoms with Gasteiger partial charge in [0.05, 0.1) is 11.3 Å². The van der Waals surface area contributed by atoms with Gasteiger partial charge in [0, 0.05) is 16.6 Å². The first-order valence-electron chi connectivity index (χ1n) is 6.97. The van der Waals surface area contributed by atoms with E-state index in [2.05, 4.69) is 10.3 Å².